The first-order valence-corrected chi connectivity index (χ1v) is 10.0. The maximum atomic E-state index is 14.6. The maximum Gasteiger partial charge on any atom is 0.238 e. The molecule has 0 atom stereocenters. The Morgan fingerprint density at radius 3 is 2.67 bits per heavy atom. The highest BCUT2D eigenvalue weighted by atomic mass is 19.1. The van der Waals surface area contributed by atoms with Crippen LogP contribution in [0.5, 0.6) is 0 Å². The number of hydrogen-bond donors (Lipinski definition) is 1. The number of carbonyl (C=O) groups excluding carboxylic acids is 1. The highest BCUT2D eigenvalue weighted by molar-refractivity contribution is 6.10. The second-order valence-electron chi connectivity index (χ2n) is 8.00. The Balaban J connectivity index is 1.60. The van der Waals surface area contributed by atoms with E-state index < -0.39 is 23.7 Å². The lowest BCUT2D eigenvalue weighted by Crippen LogP contribution is -2.32. The summed E-state index contributed by atoms with van der Waals surface area (Å²) >= 11 is 0. The molecule has 30 heavy (non-hydrogen) atoms. The normalized spacial score (nSPS) is 16.7. The Morgan fingerprint density at radius 2 is 1.97 bits per heavy atom. The van der Waals surface area contributed by atoms with E-state index >= 15 is 0 Å². The molecule has 0 radical (unpaired) electrons. The number of nitrogens with zero attached hydrogens (tertiary/aromatic N) is 3. The molecule has 1 fully saturated rings. The van der Waals surface area contributed by atoms with Crippen LogP contribution in [0.2, 0.25) is 0 Å². The van der Waals surface area contributed by atoms with Crippen molar-refractivity contribution < 1.29 is 18.0 Å². The number of aromatic nitrogens is 2. The smallest absolute Gasteiger partial charge is 0.238 e. The van der Waals surface area contributed by atoms with Gasteiger partial charge in [-0.05, 0) is 43.0 Å². The van der Waals surface area contributed by atoms with Crippen LogP contribution in [0.3, 0.4) is 0 Å². The predicted octanol–water partition coefficient (Wildman–Crippen LogP) is 3.71. The first kappa shape index (κ1) is 19.1. The van der Waals surface area contributed by atoms with Gasteiger partial charge in [-0.25, -0.2) is 13.8 Å². The lowest BCUT2D eigenvalue weighted by molar-refractivity contribution is -0.120. The summed E-state index contributed by atoms with van der Waals surface area (Å²) in [6, 6.07) is 7.69. The first-order chi connectivity index (χ1) is 14.5. The first-order valence-electron chi connectivity index (χ1n) is 10.0. The molecule has 2 aromatic carbocycles. The highest BCUT2D eigenvalue weighted by Crippen LogP contribution is 2.58. The number of anilines is 1. The zero-order valence-corrected chi connectivity index (χ0v) is 16.3. The zero-order chi connectivity index (χ0) is 21.0. The fourth-order valence-corrected chi connectivity index (χ4v) is 4.55. The van der Waals surface area contributed by atoms with Gasteiger partial charge in [0.2, 0.25) is 5.91 Å². The Kier molecular flexibility index (Phi) is 4.36. The number of imidazole rings is 1. The molecular formula is C22H21F3N4O. The van der Waals surface area contributed by atoms with Crippen molar-refractivity contribution in [3.05, 3.63) is 58.9 Å². The van der Waals surface area contributed by atoms with Crippen molar-refractivity contribution in [2.75, 3.05) is 11.6 Å². The summed E-state index contributed by atoms with van der Waals surface area (Å²) in [7, 11) is 0. The third kappa shape index (κ3) is 2.74. The fourth-order valence-electron chi connectivity index (χ4n) is 4.55. The van der Waals surface area contributed by atoms with Crippen LogP contribution < -0.4 is 10.6 Å². The van der Waals surface area contributed by atoms with E-state index in [-0.39, 0.29) is 23.7 Å². The minimum absolute atomic E-state index is 0.0649. The number of fused-ring (bicyclic) bond motifs is 3. The number of carbonyl (C=O) groups is 1. The van der Waals surface area contributed by atoms with Gasteiger partial charge in [-0.2, -0.15) is 0 Å². The number of nitrogens with two attached hydrogens (primary N) is 1. The minimum atomic E-state index is -0.879. The Morgan fingerprint density at radius 1 is 1.17 bits per heavy atom. The summed E-state index contributed by atoms with van der Waals surface area (Å²) < 4.78 is 43.3. The van der Waals surface area contributed by atoms with E-state index in [0.717, 1.165) is 17.1 Å². The van der Waals surface area contributed by atoms with Crippen LogP contribution in [0.25, 0.3) is 11.0 Å². The number of rotatable bonds is 6. The molecule has 2 heterocycles. The molecule has 8 heteroatoms. The molecule has 1 aliphatic heterocycles. The monoisotopic (exact) mass is 414 g/mol. The molecule has 1 amide bonds. The molecule has 2 aliphatic rings. The molecule has 0 bridgehead atoms. The van der Waals surface area contributed by atoms with Crippen molar-refractivity contribution in [3.8, 4) is 0 Å². The number of benzene rings is 2. The third-order valence-corrected chi connectivity index (χ3v) is 6.15. The molecule has 1 spiro atoms. The molecular weight excluding hydrogens is 393 g/mol. The molecule has 1 aliphatic carbocycles. The lowest BCUT2D eigenvalue weighted by atomic mass is 9.97. The van der Waals surface area contributed by atoms with Crippen molar-refractivity contribution in [2.45, 2.75) is 44.3 Å². The number of aryl methyl sites for hydroxylation is 1. The van der Waals surface area contributed by atoms with Gasteiger partial charge in [0, 0.05) is 24.7 Å². The van der Waals surface area contributed by atoms with E-state index in [4.69, 9.17) is 5.73 Å². The van der Waals surface area contributed by atoms with E-state index in [1.165, 1.54) is 11.0 Å². The molecule has 0 saturated heterocycles. The molecule has 156 valence electrons. The van der Waals surface area contributed by atoms with Gasteiger partial charge in [-0.15, -0.1) is 0 Å². The fraction of sp³-hybridized carbons (Fsp3) is 0.364. The predicted molar refractivity (Wildman–Crippen MR) is 107 cm³/mol. The van der Waals surface area contributed by atoms with E-state index in [1.807, 2.05) is 22.8 Å². The summed E-state index contributed by atoms with van der Waals surface area (Å²) in [6.07, 6.45) is 1.40. The van der Waals surface area contributed by atoms with Gasteiger partial charge in [0.1, 0.15) is 17.5 Å². The van der Waals surface area contributed by atoms with Crippen molar-refractivity contribution in [1.82, 2.24) is 9.55 Å². The maximum absolute atomic E-state index is 14.6. The lowest BCUT2D eigenvalue weighted by Gasteiger charge is -2.19. The Bertz CT molecular complexity index is 1170. The van der Waals surface area contributed by atoms with Crippen LogP contribution in [-0.4, -0.2) is 22.1 Å². The van der Waals surface area contributed by atoms with E-state index in [2.05, 4.69) is 4.98 Å². The van der Waals surface area contributed by atoms with E-state index in [0.29, 0.717) is 43.7 Å². The number of hydrogen-bond acceptors (Lipinski definition) is 3. The molecule has 0 unspecified atom stereocenters. The highest BCUT2D eigenvalue weighted by Gasteiger charge is 2.60. The second kappa shape index (κ2) is 6.84. The van der Waals surface area contributed by atoms with Gasteiger partial charge in [0.25, 0.3) is 0 Å². The molecule has 1 aromatic heterocycles. The zero-order valence-electron chi connectivity index (χ0n) is 16.3. The summed E-state index contributed by atoms with van der Waals surface area (Å²) in [5, 5.41) is 0. The van der Waals surface area contributed by atoms with Gasteiger partial charge < -0.3 is 15.2 Å². The van der Waals surface area contributed by atoms with Crippen LogP contribution in [-0.2, 0) is 29.8 Å². The average molecular weight is 414 g/mol. The molecule has 5 rings (SSSR count). The van der Waals surface area contributed by atoms with Gasteiger partial charge in [-0.1, -0.05) is 6.07 Å². The Hall–Kier alpha value is -2.87. The summed E-state index contributed by atoms with van der Waals surface area (Å²) in [4.78, 5) is 19.3. The van der Waals surface area contributed by atoms with Crippen molar-refractivity contribution >= 4 is 22.6 Å². The van der Waals surface area contributed by atoms with E-state index in [9.17, 15) is 18.0 Å². The third-order valence-electron chi connectivity index (χ3n) is 6.15. The Labute approximate surface area is 171 Å². The standard InChI is InChI=1S/C22H21F3N4O/c23-6-1-7-28-17-3-2-13(11-26)8-16(17)27-19(28)12-29-18-10-14(24)9-15(25)20(18)22(4-5-22)21(29)30/h2-3,8-10H,1,4-7,11-12,26H2. The SMILES string of the molecule is NCc1ccc2c(c1)nc(CN1C(=O)C3(CC3)c3c(F)cc(F)cc31)n2CCCF. The van der Waals surface area contributed by atoms with E-state index in [1.54, 1.807) is 0 Å². The quantitative estimate of drug-likeness (QED) is 0.669. The van der Waals surface area contributed by atoms with Gasteiger partial charge in [-0.3, -0.25) is 9.18 Å². The van der Waals surface area contributed by atoms with Crippen molar-refractivity contribution in [1.29, 1.82) is 0 Å². The van der Waals surface area contributed by atoms with Crippen LogP contribution in [0.4, 0.5) is 18.9 Å². The van der Waals surface area contributed by atoms with Crippen LogP contribution in [0.15, 0.2) is 30.3 Å². The summed E-state index contributed by atoms with van der Waals surface area (Å²) in [5.74, 6) is -1.08. The molecule has 2 N–H and O–H groups in total. The van der Waals surface area contributed by atoms with Gasteiger partial charge in [0.05, 0.1) is 35.4 Å². The molecule has 5 nitrogen and oxygen atoms in total. The number of halogens is 3. The van der Waals surface area contributed by atoms with Crippen molar-refractivity contribution in [2.24, 2.45) is 5.73 Å². The topological polar surface area (TPSA) is 64.2 Å². The van der Waals surface area contributed by atoms with Crippen LogP contribution in [0, 0.1) is 11.6 Å². The van der Waals surface area contributed by atoms with Crippen LogP contribution in [0.1, 0.15) is 36.2 Å². The number of amides is 1. The van der Waals surface area contributed by atoms with Gasteiger partial charge in [0.15, 0.2) is 0 Å². The largest absolute Gasteiger partial charge is 0.326 e. The summed E-state index contributed by atoms with van der Waals surface area (Å²) in [5.41, 5.74) is 7.82. The second-order valence-corrected chi connectivity index (χ2v) is 8.00. The van der Waals surface area contributed by atoms with Crippen molar-refractivity contribution in [3.63, 3.8) is 0 Å². The minimum Gasteiger partial charge on any atom is -0.326 e. The summed E-state index contributed by atoms with van der Waals surface area (Å²) in [6.45, 7) is 0.337. The average Bonchev–Trinajstić information content (AvgIpc) is 3.40. The number of alkyl halides is 1. The molecule has 3 aromatic rings. The van der Waals surface area contributed by atoms with Crippen LogP contribution >= 0.6 is 0 Å². The van der Waals surface area contributed by atoms with Gasteiger partial charge >= 0.3 is 0 Å². The molecule has 1 saturated carbocycles.